The van der Waals surface area contributed by atoms with Gasteiger partial charge in [-0.25, -0.2) is 14.2 Å². The van der Waals surface area contributed by atoms with Gasteiger partial charge in [-0.3, -0.25) is 9.63 Å². The highest BCUT2D eigenvalue weighted by Crippen LogP contribution is 2.10. The summed E-state index contributed by atoms with van der Waals surface area (Å²) >= 11 is 0. The van der Waals surface area contributed by atoms with Crippen molar-refractivity contribution in [2.45, 2.75) is 20.4 Å². The van der Waals surface area contributed by atoms with Crippen LogP contribution in [0, 0.1) is 11.7 Å². The highest BCUT2D eigenvalue weighted by atomic mass is 19.1. The maximum atomic E-state index is 12.9. The number of nitrogens with zero attached hydrogens (tertiary/aromatic N) is 1. The summed E-state index contributed by atoms with van der Waals surface area (Å²) in [4.78, 5) is 27.8. The molecule has 0 saturated carbocycles. The van der Waals surface area contributed by atoms with Crippen molar-refractivity contribution in [3.63, 3.8) is 0 Å². The molecule has 0 bridgehead atoms. The number of carboxylic acids is 1. The first-order valence-corrected chi connectivity index (χ1v) is 6.62. The zero-order valence-electron chi connectivity index (χ0n) is 12.3. The second kappa shape index (κ2) is 8.14. The van der Waals surface area contributed by atoms with Crippen molar-refractivity contribution in [3.8, 4) is 0 Å². The second-order valence-corrected chi connectivity index (χ2v) is 5.03. The molecule has 22 heavy (non-hydrogen) atoms. The van der Waals surface area contributed by atoms with Crippen LogP contribution in [0.1, 0.15) is 19.4 Å². The number of rotatable bonds is 7. The number of hydroxylamine groups is 2. The van der Waals surface area contributed by atoms with Crippen molar-refractivity contribution < 1.29 is 29.0 Å². The van der Waals surface area contributed by atoms with Crippen LogP contribution in [0.2, 0.25) is 0 Å². The number of aliphatic carboxylic acids is 1. The summed E-state index contributed by atoms with van der Waals surface area (Å²) < 4.78 is 12.9. The minimum atomic E-state index is -1.61. The number of carboxylic acid groups (broad SMARTS) is 1. The van der Waals surface area contributed by atoms with E-state index in [0.29, 0.717) is 11.6 Å². The van der Waals surface area contributed by atoms with Crippen LogP contribution in [-0.4, -0.2) is 33.8 Å². The molecular weight excluding hydrogens is 293 g/mol. The smallest absolute Gasteiger partial charge is 0.371 e. The van der Waals surface area contributed by atoms with Crippen molar-refractivity contribution in [1.82, 2.24) is 5.06 Å². The number of carbonyl (C=O) groups excluding carboxylic acids is 1. The van der Waals surface area contributed by atoms with Crippen LogP contribution < -0.4 is 0 Å². The third kappa shape index (κ3) is 5.92. The van der Waals surface area contributed by atoms with Crippen LogP contribution >= 0.6 is 0 Å². The zero-order valence-corrected chi connectivity index (χ0v) is 12.3. The molecule has 0 aliphatic carbocycles. The predicted octanol–water partition coefficient (Wildman–Crippen LogP) is 2.27. The van der Waals surface area contributed by atoms with Crippen molar-refractivity contribution in [2.24, 2.45) is 5.92 Å². The van der Waals surface area contributed by atoms with E-state index in [1.165, 1.54) is 24.3 Å². The van der Waals surface area contributed by atoms with Crippen molar-refractivity contribution >= 4 is 11.9 Å². The SMILES string of the molecule is CC(C)CON(Cc1ccc(F)cc1)C(=O)C=C(O)C(=O)O. The van der Waals surface area contributed by atoms with Crippen LogP contribution in [0.3, 0.4) is 0 Å². The van der Waals surface area contributed by atoms with E-state index in [1.54, 1.807) is 0 Å². The molecular formula is C15H18FNO5. The zero-order chi connectivity index (χ0) is 16.7. The van der Waals surface area contributed by atoms with Gasteiger partial charge in [-0.05, 0) is 23.6 Å². The van der Waals surface area contributed by atoms with E-state index in [1.807, 2.05) is 13.8 Å². The van der Waals surface area contributed by atoms with Crippen molar-refractivity contribution in [1.29, 1.82) is 0 Å². The average Bonchev–Trinajstić information content (AvgIpc) is 2.44. The van der Waals surface area contributed by atoms with E-state index in [4.69, 9.17) is 15.1 Å². The van der Waals surface area contributed by atoms with Crippen molar-refractivity contribution in [2.75, 3.05) is 6.61 Å². The van der Waals surface area contributed by atoms with E-state index in [2.05, 4.69) is 0 Å². The van der Waals surface area contributed by atoms with Gasteiger partial charge in [0.1, 0.15) is 5.82 Å². The summed E-state index contributed by atoms with van der Waals surface area (Å²) in [7, 11) is 0. The minimum Gasteiger partial charge on any atom is -0.502 e. The second-order valence-electron chi connectivity index (χ2n) is 5.03. The Morgan fingerprint density at radius 3 is 2.36 bits per heavy atom. The third-order valence-corrected chi connectivity index (χ3v) is 2.53. The molecule has 0 unspecified atom stereocenters. The lowest BCUT2D eigenvalue weighted by atomic mass is 10.2. The number of halogens is 1. The number of hydrogen-bond acceptors (Lipinski definition) is 4. The molecule has 0 aromatic heterocycles. The molecule has 0 saturated heterocycles. The lowest BCUT2D eigenvalue weighted by molar-refractivity contribution is -0.188. The van der Waals surface area contributed by atoms with Gasteiger partial charge in [-0.2, -0.15) is 0 Å². The van der Waals surface area contributed by atoms with Crippen LogP contribution in [-0.2, 0) is 21.0 Å². The van der Waals surface area contributed by atoms with Gasteiger partial charge < -0.3 is 10.2 Å². The highest BCUT2D eigenvalue weighted by Gasteiger charge is 2.17. The molecule has 1 aromatic rings. The number of hydrogen-bond donors (Lipinski definition) is 2. The molecule has 0 heterocycles. The number of carbonyl (C=O) groups is 2. The molecule has 0 atom stereocenters. The summed E-state index contributed by atoms with van der Waals surface area (Å²) in [6, 6.07) is 5.44. The van der Waals surface area contributed by atoms with Crippen molar-refractivity contribution in [3.05, 3.63) is 47.5 Å². The molecule has 7 heteroatoms. The molecule has 0 radical (unpaired) electrons. The monoisotopic (exact) mass is 311 g/mol. The lowest BCUT2D eigenvalue weighted by Crippen LogP contribution is -2.31. The van der Waals surface area contributed by atoms with Gasteiger partial charge >= 0.3 is 5.97 Å². The molecule has 120 valence electrons. The number of amides is 1. The molecule has 1 rings (SSSR count). The average molecular weight is 311 g/mol. The molecule has 1 aromatic carbocycles. The lowest BCUT2D eigenvalue weighted by Gasteiger charge is -2.21. The fourth-order valence-corrected chi connectivity index (χ4v) is 1.43. The largest absolute Gasteiger partial charge is 0.502 e. The van der Waals surface area contributed by atoms with E-state index in [0.717, 1.165) is 5.06 Å². The van der Waals surface area contributed by atoms with E-state index < -0.39 is 23.5 Å². The molecule has 0 spiro atoms. The topological polar surface area (TPSA) is 87.1 Å². The normalized spacial score (nSPS) is 11.5. The Kier molecular flexibility index (Phi) is 6.52. The molecule has 0 fully saturated rings. The van der Waals surface area contributed by atoms with Gasteiger partial charge in [-0.1, -0.05) is 26.0 Å². The van der Waals surface area contributed by atoms with Gasteiger partial charge in [0.2, 0.25) is 5.76 Å². The number of aliphatic hydroxyl groups is 1. The summed E-state index contributed by atoms with van der Waals surface area (Å²) in [6.45, 7) is 3.99. The maximum absolute atomic E-state index is 12.9. The van der Waals surface area contributed by atoms with Crippen LogP contribution in [0.4, 0.5) is 4.39 Å². The highest BCUT2D eigenvalue weighted by molar-refractivity contribution is 5.95. The minimum absolute atomic E-state index is 0.00473. The molecule has 2 N–H and O–H groups in total. The summed E-state index contributed by atoms with van der Waals surface area (Å²) in [5.74, 6) is -3.78. The molecule has 0 aliphatic rings. The van der Waals surface area contributed by atoms with Gasteiger partial charge in [0.15, 0.2) is 0 Å². The first kappa shape index (κ1) is 17.6. The summed E-state index contributed by atoms with van der Waals surface area (Å²) in [5, 5.41) is 18.6. The Morgan fingerprint density at radius 2 is 1.86 bits per heavy atom. The molecule has 6 nitrogen and oxygen atoms in total. The first-order valence-electron chi connectivity index (χ1n) is 6.62. The van der Waals surface area contributed by atoms with Gasteiger partial charge in [0.25, 0.3) is 5.91 Å². The van der Waals surface area contributed by atoms with Gasteiger partial charge in [0.05, 0.1) is 19.2 Å². The molecule has 0 aliphatic heterocycles. The Morgan fingerprint density at radius 1 is 1.27 bits per heavy atom. The first-order chi connectivity index (χ1) is 10.3. The maximum Gasteiger partial charge on any atom is 0.371 e. The van der Waals surface area contributed by atoms with E-state index >= 15 is 0 Å². The third-order valence-electron chi connectivity index (χ3n) is 2.53. The van der Waals surface area contributed by atoms with Crippen LogP contribution in [0.15, 0.2) is 36.1 Å². The fourth-order valence-electron chi connectivity index (χ4n) is 1.43. The van der Waals surface area contributed by atoms with E-state index in [9.17, 15) is 14.0 Å². The van der Waals surface area contributed by atoms with E-state index in [-0.39, 0.29) is 19.1 Å². The summed E-state index contributed by atoms with van der Waals surface area (Å²) in [6.07, 6.45) is 0.562. The standard InChI is InChI=1S/C15H18FNO5/c1-10(2)9-22-17(14(19)7-13(18)15(20)21)8-11-3-5-12(16)6-4-11/h3-7,10,18H,8-9H2,1-2H3,(H,20,21). The fraction of sp³-hybridized carbons (Fsp3) is 0.333. The van der Waals surface area contributed by atoms with Crippen LogP contribution in [0.5, 0.6) is 0 Å². The Balaban J connectivity index is 2.87. The van der Waals surface area contributed by atoms with Gasteiger partial charge in [-0.15, -0.1) is 0 Å². The number of aliphatic hydroxyl groups excluding tert-OH is 1. The Hall–Kier alpha value is -2.41. The predicted molar refractivity (Wildman–Crippen MR) is 76.1 cm³/mol. The Bertz CT molecular complexity index is 554. The summed E-state index contributed by atoms with van der Waals surface area (Å²) in [5.41, 5.74) is 0.599. The molecule has 1 amide bonds. The quantitative estimate of drug-likeness (QED) is 0.458. The number of benzene rings is 1. The van der Waals surface area contributed by atoms with Crippen LogP contribution in [0.25, 0.3) is 0 Å². The Labute approximate surface area is 127 Å². The van der Waals surface area contributed by atoms with Gasteiger partial charge in [0, 0.05) is 0 Å².